The van der Waals surface area contributed by atoms with E-state index in [4.69, 9.17) is 5.11 Å². The minimum absolute atomic E-state index is 0.170. The first-order valence-electron chi connectivity index (χ1n) is 5.44. The van der Waals surface area contributed by atoms with Gasteiger partial charge in [-0.3, -0.25) is 0 Å². The van der Waals surface area contributed by atoms with Crippen LogP contribution in [0.4, 0.5) is 0 Å². The maximum absolute atomic E-state index is 10.9. The molecular weight excluding hydrogens is 202 g/mol. The van der Waals surface area contributed by atoms with Gasteiger partial charge in [-0.15, -0.1) is 0 Å². The maximum atomic E-state index is 10.9. The third kappa shape index (κ3) is 2.35. The summed E-state index contributed by atoms with van der Waals surface area (Å²) in [4.78, 5) is 10.9. The normalized spacial score (nSPS) is 10.8. The van der Waals surface area contributed by atoms with E-state index >= 15 is 0 Å². The molecule has 0 aliphatic heterocycles. The molecule has 0 unspecified atom stereocenters. The number of aromatic nitrogens is 1. The molecule has 88 valence electrons. The zero-order valence-electron chi connectivity index (χ0n) is 10.4. The summed E-state index contributed by atoms with van der Waals surface area (Å²) in [5.41, 5.74) is 2.98. The number of rotatable bonds is 4. The first-order chi connectivity index (χ1) is 7.34. The van der Waals surface area contributed by atoms with E-state index in [1.54, 1.807) is 0 Å². The molecule has 0 spiro atoms. The molecule has 1 N–H and O–H groups in total. The minimum atomic E-state index is -0.954. The van der Waals surface area contributed by atoms with Crippen LogP contribution in [-0.4, -0.2) is 15.6 Å². The molecule has 0 fully saturated rings. The number of carboxylic acid groups (broad SMARTS) is 1. The highest BCUT2D eigenvalue weighted by Crippen LogP contribution is 2.23. The minimum Gasteiger partial charge on any atom is -0.478 e. The van der Waals surface area contributed by atoms with Crippen molar-refractivity contribution >= 4 is 11.5 Å². The molecule has 0 aliphatic rings. The second kappa shape index (κ2) is 4.56. The second-order valence-electron chi connectivity index (χ2n) is 4.57. The summed E-state index contributed by atoms with van der Waals surface area (Å²) in [6.45, 7) is 12.7. The fourth-order valence-corrected chi connectivity index (χ4v) is 1.87. The van der Waals surface area contributed by atoms with Gasteiger partial charge in [0.2, 0.25) is 0 Å². The van der Waals surface area contributed by atoms with Gasteiger partial charge in [0, 0.05) is 23.5 Å². The Balaban J connectivity index is 3.16. The van der Waals surface area contributed by atoms with E-state index < -0.39 is 5.97 Å². The maximum Gasteiger partial charge on any atom is 0.335 e. The Hall–Kier alpha value is -1.51. The van der Waals surface area contributed by atoms with Crippen LogP contribution in [0.25, 0.3) is 5.57 Å². The Bertz CT molecular complexity index is 427. The molecular formula is C13H19NO2. The van der Waals surface area contributed by atoms with E-state index in [2.05, 4.69) is 25.0 Å². The largest absolute Gasteiger partial charge is 0.478 e. The third-order valence-corrected chi connectivity index (χ3v) is 2.70. The van der Waals surface area contributed by atoms with Crippen molar-refractivity contribution in [2.24, 2.45) is 5.92 Å². The SMILES string of the molecule is C=C(C(=O)O)c1cc(C)n(CC(C)C)c1C. The van der Waals surface area contributed by atoms with Gasteiger partial charge in [0.1, 0.15) is 0 Å². The van der Waals surface area contributed by atoms with Crippen molar-refractivity contribution < 1.29 is 9.90 Å². The van der Waals surface area contributed by atoms with Crippen molar-refractivity contribution in [3.63, 3.8) is 0 Å². The van der Waals surface area contributed by atoms with Crippen LogP contribution in [0.1, 0.15) is 30.8 Å². The molecule has 0 radical (unpaired) electrons. The molecule has 0 saturated heterocycles. The van der Waals surface area contributed by atoms with Crippen LogP contribution >= 0.6 is 0 Å². The van der Waals surface area contributed by atoms with Crippen LogP contribution in [0, 0.1) is 19.8 Å². The Morgan fingerprint density at radius 1 is 1.50 bits per heavy atom. The molecule has 1 aromatic rings. The summed E-state index contributed by atoms with van der Waals surface area (Å²) < 4.78 is 2.15. The first-order valence-corrected chi connectivity index (χ1v) is 5.44. The Labute approximate surface area is 96.4 Å². The summed E-state index contributed by atoms with van der Waals surface area (Å²) in [5, 5.41) is 8.93. The molecule has 0 aromatic carbocycles. The highest BCUT2D eigenvalue weighted by atomic mass is 16.4. The molecule has 16 heavy (non-hydrogen) atoms. The van der Waals surface area contributed by atoms with Crippen molar-refractivity contribution in [3.8, 4) is 0 Å². The lowest BCUT2D eigenvalue weighted by atomic mass is 10.1. The van der Waals surface area contributed by atoms with Crippen LogP contribution in [-0.2, 0) is 11.3 Å². The number of hydrogen-bond acceptors (Lipinski definition) is 1. The van der Waals surface area contributed by atoms with Gasteiger partial charge in [-0.05, 0) is 25.8 Å². The zero-order valence-corrected chi connectivity index (χ0v) is 10.4. The summed E-state index contributed by atoms with van der Waals surface area (Å²) in [6.07, 6.45) is 0. The fourth-order valence-electron chi connectivity index (χ4n) is 1.87. The lowest BCUT2D eigenvalue weighted by Crippen LogP contribution is -2.08. The van der Waals surface area contributed by atoms with Gasteiger partial charge in [0.05, 0.1) is 5.57 Å². The summed E-state index contributed by atoms with van der Waals surface area (Å²) in [5.74, 6) is -0.416. The van der Waals surface area contributed by atoms with Crippen molar-refractivity contribution in [3.05, 3.63) is 29.6 Å². The quantitative estimate of drug-likeness (QED) is 0.794. The number of aryl methyl sites for hydroxylation is 1. The lowest BCUT2D eigenvalue weighted by molar-refractivity contribution is -0.130. The molecule has 0 amide bonds. The molecule has 3 heteroatoms. The summed E-state index contributed by atoms with van der Waals surface area (Å²) >= 11 is 0. The highest BCUT2D eigenvalue weighted by Gasteiger charge is 2.16. The number of nitrogens with zero attached hydrogens (tertiary/aromatic N) is 1. The lowest BCUT2D eigenvalue weighted by Gasteiger charge is -2.12. The van der Waals surface area contributed by atoms with Gasteiger partial charge in [0.15, 0.2) is 0 Å². The van der Waals surface area contributed by atoms with Gasteiger partial charge in [-0.1, -0.05) is 20.4 Å². The van der Waals surface area contributed by atoms with Gasteiger partial charge < -0.3 is 9.67 Å². The van der Waals surface area contributed by atoms with E-state index in [0.29, 0.717) is 5.92 Å². The average Bonchev–Trinajstić information content (AvgIpc) is 2.44. The van der Waals surface area contributed by atoms with Crippen LogP contribution in [0.15, 0.2) is 12.6 Å². The first kappa shape index (κ1) is 12.6. The Morgan fingerprint density at radius 3 is 2.50 bits per heavy atom. The molecule has 1 aromatic heterocycles. The smallest absolute Gasteiger partial charge is 0.335 e. The van der Waals surface area contributed by atoms with Crippen LogP contribution < -0.4 is 0 Å². The number of aliphatic carboxylic acids is 1. The van der Waals surface area contributed by atoms with Crippen LogP contribution in [0.3, 0.4) is 0 Å². The van der Waals surface area contributed by atoms with Crippen molar-refractivity contribution in [1.82, 2.24) is 4.57 Å². The van der Waals surface area contributed by atoms with Gasteiger partial charge in [0.25, 0.3) is 0 Å². The van der Waals surface area contributed by atoms with Crippen molar-refractivity contribution in [2.75, 3.05) is 0 Å². The number of hydrogen-bond donors (Lipinski definition) is 1. The fraction of sp³-hybridized carbons (Fsp3) is 0.462. The molecule has 0 atom stereocenters. The monoisotopic (exact) mass is 221 g/mol. The van der Waals surface area contributed by atoms with E-state index in [-0.39, 0.29) is 5.57 Å². The molecule has 1 heterocycles. The number of carboxylic acids is 1. The van der Waals surface area contributed by atoms with Crippen molar-refractivity contribution in [1.29, 1.82) is 0 Å². The van der Waals surface area contributed by atoms with Gasteiger partial charge >= 0.3 is 5.97 Å². The van der Waals surface area contributed by atoms with E-state index in [0.717, 1.165) is 23.5 Å². The van der Waals surface area contributed by atoms with E-state index in [9.17, 15) is 4.79 Å². The standard InChI is InChI=1S/C13H19NO2/c1-8(2)7-14-9(3)6-12(11(14)5)10(4)13(15)16/h6,8H,4,7H2,1-3,5H3,(H,15,16). The van der Waals surface area contributed by atoms with Gasteiger partial charge in [-0.25, -0.2) is 4.79 Å². The summed E-state index contributed by atoms with van der Waals surface area (Å²) in [7, 11) is 0. The zero-order chi connectivity index (χ0) is 12.5. The molecule has 0 bridgehead atoms. The molecule has 0 aliphatic carbocycles. The predicted octanol–water partition coefficient (Wildman–Crippen LogP) is 2.86. The van der Waals surface area contributed by atoms with E-state index in [1.165, 1.54) is 0 Å². The Kier molecular flexibility index (Phi) is 3.58. The molecule has 1 rings (SSSR count). The second-order valence-corrected chi connectivity index (χ2v) is 4.57. The Morgan fingerprint density at radius 2 is 2.06 bits per heavy atom. The third-order valence-electron chi connectivity index (χ3n) is 2.70. The molecule has 0 saturated carbocycles. The predicted molar refractivity (Wildman–Crippen MR) is 65.4 cm³/mol. The van der Waals surface area contributed by atoms with E-state index in [1.807, 2.05) is 19.9 Å². The highest BCUT2D eigenvalue weighted by molar-refractivity contribution is 6.14. The van der Waals surface area contributed by atoms with Crippen LogP contribution in [0.2, 0.25) is 0 Å². The summed E-state index contributed by atoms with van der Waals surface area (Å²) in [6, 6.07) is 1.90. The van der Waals surface area contributed by atoms with Crippen LogP contribution in [0.5, 0.6) is 0 Å². The van der Waals surface area contributed by atoms with Gasteiger partial charge in [-0.2, -0.15) is 0 Å². The van der Waals surface area contributed by atoms with Crippen molar-refractivity contribution in [2.45, 2.75) is 34.2 Å². The topological polar surface area (TPSA) is 42.2 Å². The number of carbonyl (C=O) groups is 1. The average molecular weight is 221 g/mol. The molecule has 3 nitrogen and oxygen atoms in total.